The molecule has 10 heteroatoms. The van der Waals surface area contributed by atoms with Gasteiger partial charge in [0.05, 0.1) is 36.3 Å². The van der Waals surface area contributed by atoms with Crippen molar-refractivity contribution >= 4 is 11.8 Å². The third-order valence-electron chi connectivity index (χ3n) is 4.90. The fourth-order valence-corrected chi connectivity index (χ4v) is 3.24. The fourth-order valence-electron chi connectivity index (χ4n) is 3.24. The van der Waals surface area contributed by atoms with Crippen LogP contribution in [0.4, 0.5) is 13.6 Å². The highest BCUT2D eigenvalue weighted by atomic mass is 19.3. The van der Waals surface area contributed by atoms with E-state index in [0.717, 1.165) is 32.1 Å². The van der Waals surface area contributed by atoms with E-state index in [1.54, 1.807) is 0 Å². The number of hydrogen-bond acceptors (Lipinski definition) is 7. The van der Waals surface area contributed by atoms with Gasteiger partial charge in [0.1, 0.15) is 11.4 Å². The molecule has 0 unspecified atom stereocenters. The van der Waals surface area contributed by atoms with E-state index in [1.807, 2.05) is 13.8 Å². The fraction of sp³-hybridized carbons (Fsp3) is 0.619. The highest BCUT2D eigenvalue weighted by Crippen LogP contribution is 2.32. The van der Waals surface area contributed by atoms with E-state index in [1.165, 1.54) is 24.2 Å². The summed E-state index contributed by atoms with van der Waals surface area (Å²) >= 11 is 0. The molecule has 0 bridgehead atoms. The number of nitrogens with two attached hydrogens (primary N) is 2. The first kappa shape index (κ1) is 24.6. The van der Waals surface area contributed by atoms with Gasteiger partial charge in [0.2, 0.25) is 0 Å². The largest absolute Gasteiger partial charge is 0.488 e. The Morgan fingerprint density at radius 2 is 1.97 bits per heavy atom. The molecule has 0 radical (unpaired) electrons. The van der Waals surface area contributed by atoms with Crippen LogP contribution in [0.5, 0.6) is 5.75 Å². The van der Waals surface area contributed by atoms with Gasteiger partial charge in [-0.3, -0.25) is 0 Å². The number of likely N-dealkylation sites (N-methyl/N-ethyl adjacent to an activating group) is 1. The molecule has 0 saturated heterocycles. The zero-order valence-corrected chi connectivity index (χ0v) is 18.4. The van der Waals surface area contributed by atoms with Crippen LogP contribution in [0.3, 0.4) is 0 Å². The van der Waals surface area contributed by atoms with Crippen molar-refractivity contribution < 1.29 is 23.0 Å². The van der Waals surface area contributed by atoms with Crippen molar-refractivity contribution in [2.75, 3.05) is 20.2 Å². The van der Waals surface area contributed by atoms with Crippen molar-refractivity contribution in [2.24, 2.45) is 17.5 Å². The third kappa shape index (κ3) is 7.54. The minimum absolute atomic E-state index is 0.0538. The van der Waals surface area contributed by atoms with E-state index in [0.29, 0.717) is 5.70 Å². The van der Waals surface area contributed by atoms with Crippen LogP contribution in [-0.2, 0) is 4.74 Å². The van der Waals surface area contributed by atoms with E-state index in [9.17, 15) is 13.6 Å². The zero-order chi connectivity index (χ0) is 23.0. The molecule has 0 spiro atoms. The molecule has 1 saturated carbocycles. The number of hydrogen-bond donors (Lipinski definition) is 3. The summed E-state index contributed by atoms with van der Waals surface area (Å²) in [4.78, 5) is 15.9. The molecular formula is C21H33F2N5O3. The average molecular weight is 442 g/mol. The first-order valence-corrected chi connectivity index (χ1v) is 10.5. The minimum atomic E-state index is -2.82. The number of nitrogens with zero attached hydrogens (tertiary/aromatic N) is 2. The molecule has 31 heavy (non-hydrogen) atoms. The van der Waals surface area contributed by atoms with Crippen LogP contribution < -0.4 is 21.6 Å². The Labute approximate surface area is 181 Å². The number of halogens is 2. The van der Waals surface area contributed by atoms with Crippen LogP contribution in [0, 0.1) is 5.92 Å². The molecule has 1 aromatic heterocycles. The van der Waals surface area contributed by atoms with Gasteiger partial charge >= 0.3 is 6.09 Å². The summed E-state index contributed by atoms with van der Waals surface area (Å²) in [5.41, 5.74) is 6.20. The summed E-state index contributed by atoms with van der Waals surface area (Å²) in [5.74, 6) is 6.09. The Balaban J connectivity index is 2.20. The summed E-state index contributed by atoms with van der Waals surface area (Å²) in [6, 6.07) is 2.98. The van der Waals surface area contributed by atoms with Gasteiger partial charge in [-0.05, 0) is 43.7 Å². The molecule has 174 valence electrons. The smallest absolute Gasteiger partial charge is 0.407 e. The number of aromatic nitrogens is 1. The Hall–Kier alpha value is -2.62. The maximum absolute atomic E-state index is 13.7. The standard InChI is InChI=1S/C21H33F2N5O3/c1-13(2)12-30-21(29)26-11-16(28(3)25)18(24)15-9-10-17(19(27-15)20(22)23)31-14-7-5-4-6-8-14/h9-10,13-14,20H,4-8,11-12,24-25H2,1-3H3,(H,26,29)/b18-16-. The van der Waals surface area contributed by atoms with E-state index in [2.05, 4.69) is 10.3 Å². The molecule has 1 aliphatic carbocycles. The number of nitrogens with one attached hydrogen (secondary N) is 1. The molecule has 0 aromatic carbocycles. The van der Waals surface area contributed by atoms with Gasteiger partial charge < -0.3 is 25.5 Å². The molecule has 1 aliphatic rings. The van der Waals surface area contributed by atoms with E-state index >= 15 is 0 Å². The van der Waals surface area contributed by atoms with E-state index < -0.39 is 18.2 Å². The maximum Gasteiger partial charge on any atom is 0.407 e. The van der Waals surface area contributed by atoms with E-state index in [-0.39, 0.29) is 42.3 Å². The quantitative estimate of drug-likeness (QED) is 0.396. The first-order chi connectivity index (χ1) is 14.7. The highest BCUT2D eigenvalue weighted by Gasteiger charge is 2.23. The molecule has 1 heterocycles. The van der Waals surface area contributed by atoms with Gasteiger partial charge in [-0.2, -0.15) is 0 Å². The highest BCUT2D eigenvalue weighted by molar-refractivity contribution is 5.69. The van der Waals surface area contributed by atoms with Crippen LogP contribution >= 0.6 is 0 Å². The lowest BCUT2D eigenvalue weighted by molar-refractivity contribution is 0.120. The Bertz CT molecular complexity index is 765. The second-order valence-electron chi connectivity index (χ2n) is 8.08. The van der Waals surface area contributed by atoms with Crippen LogP contribution in [0.15, 0.2) is 17.8 Å². The van der Waals surface area contributed by atoms with Crippen molar-refractivity contribution in [1.82, 2.24) is 15.3 Å². The van der Waals surface area contributed by atoms with Crippen LogP contribution in [0.2, 0.25) is 0 Å². The second kappa shape index (κ2) is 11.7. The summed E-state index contributed by atoms with van der Waals surface area (Å²) in [6.45, 7) is 4.04. The molecule has 2 rings (SSSR count). The lowest BCUT2D eigenvalue weighted by Gasteiger charge is -2.24. The van der Waals surface area contributed by atoms with Gasteiger partial charge in [-0.25, -0.2) is 24.4 Å². The van der Waals surface area contributed by atoms with Gasteiger partial charge in [0.15, 0.2) is 0 Å². The minimum Gasteiger partial charge on any atom is -0.488 e. The number of hydrazine groups is 1. The van der Waals surface area contributed by atoms with Crippen molar-refractivity contribution in [2.45, 2.75) is 58.5 Å². The lowest BCUT2D eigenvalue weighted by Crippen LogP contribution is -2.37. The Morgan fingerprint density at radius 3 is 2.55 bits per heavy atom. The van der Waals surface area contributed by atoms with Gasteiger partial charge in [0, 0.05) is 7.05 Å². The van der Waals surface area contributed by atoms with Crippen LogP contribution in [0.25, 0.3) is 5.70 Å². The molecule has 8 nitrogen and oxygen atoms in total. The molecule has 1 fully saturated rings. The van der Waals surface area contributed by atoms with Crippen LogP contribution in [-0.4, -0.2) is 42.4 Å². The van der Waals surface area contributed by atoms with Crippen molar-refractivity contribution in [3.63, 3.8) is 0 Å². The number of alkyl carbamates (subject to hydrolysis) is 1. The Morgan fingerprint density at radius 1 is 1.29 bits per heavy atom. The van der Waals surface area contributed by atoms with Crippen molar-refractivity contribution in [3.8, 4) is 5.75 Å². The first-order valence-electron chi connectivity index (χ1n) is 10.5. The SMILES string of the molecule is CC(C)COC(=O)NC/C(=C(/N)c1ccc(OC2CCCCC2)c(C(F)F)n1)N(C)N. The monoisotopic (exact) mass is 441 g/mol. The lowest BCUT2D eigenvalue weighted by atomic mass is 9.98. The van der Waals surface area contributed by atoms with Crippen LogP contribution in [0.1, 0.15) is 63.8 Å². The predicted molar refractivity (Wildman–Crippen MR) is 114 cm³/mol. The molecule has 1 aromatic rings. The number of carbonyl (C=O) groups is 1. The predicted octanol–water partition coefficient (Wildman–Crippen LogP) is 3.55. The Kier molecular flexibility index (Phi) is 9.29. The maximum atomic E-state index is 13.7. The van der Waals surface area contributed by atoms with E-state index in [4.69, 9.17) is 21.1 Å². The number of rotatable bonds is 9. The molecule has 0 aliphatic heterocycles. The number of ether oxygens (including phenoxy) is 2. The summed E-state index contributed by atoms with van der Waals surface area (Å²) in [5, 5.41) is 3.75. The second-order valence-corrected chi connectivity index (χ2v) is 8.08. The number of amides is 1. The summed E-state index contributed by atoms with van der Waals surface area (Å²) in [6.07, 6.45) is 1.32. The molecular weight excluding hydrogens is 408 g/mol. The normalized spacial score (nSPS) is 15.6. The number of pyridine rings is 1. The topological polar surface area (TPSA) is 116 Å². The zero-order valence-electron chi connectivity index (χ0n) is 18.4. The molecule has 1 amide bonds. The number of alkyl halides is 2. The number of carbonyl (C=O) groups excluding carboxylic acids is 1. The van der Waals surface area contributed by atoms with Crippen molar-refractivity contribution in [1.29, 1.82) is 0 Å². The third-order valence-corrected chi connectivity index (χ3v) is 4.90. The van der Waals surface area contributed by atoms with Crippen molar-refractivity contribution in [3.05, 3.63) is 29.2 Å². The summed E-state index contributed by atoms with van der Waals surface area (Å²) < 4.78 is 38.2. The summed E-state index contributed by atoms with van der Waals surface area (Å²) in [7, 11) is 1.53. The van der Waals surface area contributed by atoms with Gasteiger partial charge in [0.25, 0.3) is 6.43 Å². The van der Waals surface area contributed by atoms with Gasteiger partial charge in [-0.15, -0.1) is 0 Å². The average Bonchev–Trinajstić information content (AvgIpc) is 2.72. The molecule has 0 atom stereocenters. The molecule has 5 N–H and O–H groups in total. The van der Waals surface area contributed by atoms with Gasteiger partial charge in [-0.1, -0.05) is 20.3 Å².